The van der Waals surface area contributed by atoms with Gasteiger partial charge in [0.15, 0.2) is 0 Å². The van der Waals surface area contributed by atoms with E-state index in [0.717, 1.165) is 5.56 Å². The fraction of sp³-hybridized carbons (Fsp3) is 0.125. The number of rotatable bonds is 2. The molecule has 0 saturated heterocycles. The Morgan fingerprint density at radius 2 is 1.71 bits per heavy atom. The maximum atomic E-state index is 12.4. The number of carbonyl (C=O) groups is 2. The van der Waals surface area contributed by atoms with Crippen LogP contribution < -0.4 is 10.2 Å². The quantitative estimate of drug-likeness (QED) is 0.889. The molecule has 0 unspecified atom stereocenters. The number of carboxylic acid groups (broad SMARTS) is 1. The van der Waals surface area contributed by atoms with Crippen LogP contribution in [-0.4, -0.2) is 23.1 Å². The van der Waals surface area contributed by atoms with Gasteiger partial charge in [0.05, 0.1) is 0 Å². The fourth-order valence-electron chi connectivity index (χ4n) is 2.54. The first-order chi connectivity index (χ1) is 10.2. The number of carboxylic acids is 1. The second-order valence-corrected chi connectivity index (χ2v) is 4.85. The van der Waals surface area contributed by atoms with Gasteiger partial charge < -0.3 is 10.4 Å². The van der Waals surface area contributed by atoms with Crippen molar-refractivity contribution in [3.63, 3.8) is 0 Å². The molecule has 1 atom stereocenters. The molecule has 0 radical (unpaired) electrons. The number of nitrogens with one attached hydrogen (secondary N) is 1. The maximum absolute atomic E-state index is 12.4. The number of hydrogen-bond acceptors (Lipinski definition) is 2. The summed E-state index contributed by atoms with van der Waals surface area (Å²) in [5.41, 5.74) is 2.16. The maximum Gasteiger partial charge on any atom is 0.327 e. The van der Waals surface area contributed by atoms with Gasteiger partial charge in [-0.2, -0.15) is 0 Å². The summed E-state index contributed by atoms with van der Waals surface area (Å²) >= 11 is 0. The molecule has 2 amide bonds. The number of fused-ring (bicyclic) bond motifs is 1. The first-order valence-electron chi connectivity index (χ1n) is 6.63. The Hall–Kier alpha value is -2.82. The van der Waals surface area contributed by atoms with Gasteiger partial charge in [-0.25, -0.2) is 9.59 Å². The van der Waals surface area contributed by atoms with Gasteiger partial charge in [-0.15, -0.1) is 0 Å². The Morgan fingerprint density at radius 3 is 2.43 bits per heavy atom. The van der Waals surface area contributed by atoms with Crippen LogP contribution in [0.2, 0.25) is 0 Å². The third kappa shape index (κ3) is 2.45. The van der Waals surface area contributed by atoms with Crippen LogP contribution in [0.25, 0.3) is 0 Å². The average molecular weight is 282 g/mol. The van der Waals surface area contributed by atoms with Crippen LogP contribution in [0.3, 0.4) is 0 Å². The van der Waals surface area contributed by atoms with Crippen molar-refractivity contribution in [1.82, 2.24) is 0 Å². The molecule has 1 aliphatic rings. The molecule has 3 rings (SSSR count). The lowest BCUT2D eigenvalue weighted by molar-refractivity contribution is -0.138. The number of nitrogens with zero attached hydrogens (tertiary/aromatic N) is 1. The normalized spacial score (nSPS) is 16.4. The molecule has 21 heavy (non-hydrogen) atoms. The van der Waals surface area contributed by atoms with Gasteiger partial charge in [0.2, 0.25) is 0 Å². The van der Waals surface area contributed by atoms with Crippen molar-refractivity contribution in [2.45, 2.75) is 12.5 Å². The van der Waals surface area contributed by atoms with Crippen LogP contribution in [0.5, 0.6) is 0 Å². The van der Waals surface area contributed by atoms with E-state index >= 15 is 0 Å². The van der Waals surface area contributed by atoms with Crippen LogP contribution >= 0.6 is 0 Å². The van der Waals surface area contributed by atoms with Crippen molar-refractivity contribution >= 4 is 23.4 Å². The zero-order chi connectivity index (χ0) is 14.8. The first kappa shape index (κ1) is 13.2. The van der Waals surface area contributed by atoms with E-state index in [0.29, 0.717) is 17.8 Å². The summed E-state index contributed by atoms with van der Waals surface area (Å²) in [6, 6.07) is 14.9. The predicted molar refractivity (Wildman–Crippen MR) is 79.5 cm³/mol. The molecule has 0 aliphatic carbocycles. The minimum Gasteiger partial charge on any atom is -0.480 e. The van der Waals surface area contributed by atoms with Gasteiger partial charge in [0, 0.05) is 17.8 Å². The summed E-state index contributed by atoms with van der Waals surface area (Å²) in [6.07, 6.45) is 0.327. The highest BCUT2D eigenvalue weighted by atomic mass is 16.4. The zero-order valence-electron chi connectivity index (χ0n) is 11.2. The molecule has 2 N–H and O–H groups in total. The number of amides is 2. The smallest absolute Gasteiger partial charge is 0.327 e. The summed E-state index contributed by atoms with van der Waals surface area (Å²) < 4.78 is 0. The number of benzene rings is 2. The Bertz CT molecular complexity index is 685. The molecule has 1 heterocycles. The summed E-state index contributed by atoms with van der Waals surface area (Å²) in [4.78, 5) is 25.2. The minimum absolute atomic E-state index is 0.327. The Kier molecular flexibility index (Phi) is 3.31. The van der Waals surface area contributed by atoms with E-state index in [1.807, 2.05) is 30.3 Å². The lowest BCUT2D eigenvalue weighted by Gasteiger charge is -2.23. The predicted octanol–water partition coefficient (Wildman–Crippen LogP) is 2.73. The van der Waals surface area contributed by atoms with Crippen molar-refractivity contribution in [2.24, 2.45) is 0 Å². The third-order valence-corrected chi connectivity index (χ3v) is 3.51. The molecule has 0 aromatic heterocycles. The highest BCUT2D eigenvalue weighted by Crippen LogP contribution is 2.32. The highest BCUT2D eigenvalue weighted by Gasteiger charge is 2.38. The topological polar surface area (TPSA) is 69.6 Å². The van der Waals surface area contributed by atoms with Gasteiger partial charge in [-0.3, -0.25) is 4.90 Å². The Labute approximate surface area is 121 Å². The van der Waals surface area contributed by atoms with E-state index < -0.39 is 18.0 Å². The number of aliphatic carboxylic acids is 1. The highest BCUT2D eigenvalue weighted by molar-refractivity contribution is 6.07. The monoisotopic (exact) mass is 282 g/mol. The van der Waals surface area contributed by atoms with Gasteiger partial charge in [0.25, 0.3) is 0 Å². The molecule has 2 aromatic carbocycles. The average Bonchev–Trinajstić information content (AvgIpc) is 2.88. The fourth-order valence-corrected chi connectivity index (χ4v) is 2.54. The van der Waals surface area contributed by atoms with Crippen LogP contribution in [0.1, 0.15) is 5.56 Å². The van der Waals surface area contributed by atoms with Crippen molar-refractivity contribution in [3.8, 4) is 0 Å². The molecule has 5 heteroatoms. The molecular weight excluding hydrogens is 268 g/mol. The van der Waals surface area contributed by atoms with E-state index in [2.05, 4.69) is 5.32 Å². The molecule has 0 saturated carbocycles. The van der Waals surface area contributed by atoms with Gasteiger partial charge in [-0.1, -0.05) is 36.4 Å². The van der Waals surface area contributed by atoms with E-state index in [4.69, 9.17) is 0 Å². The van der Waals surface area contributed by atoms with E-state index in [1.165, 1.54) is 4.90 Å². The van der Waals surface area contributed by atoms with Crippen molar-refractivity contribution in [3.05, 3.63) is 60.2 Å². The Morgan fingerprint density at radius 1 is 1.05 bits per heavy atom. The lowest BCUT2D eigenvalue weighted by atomic mass is 10.1. The molecule has 0 spiro atoms. The van der Waals surface area contributed by atoms with Gasteiger partial charge in [-0.05, 0) is 23.8 Å². The standard InChI is InChI=1S/C16H14N2O3/c19-15(20)14-10-11-6-4-5-9-13(11)18(14)16(21)17-12-7-2-1-3-8-12/h1-9,14H,10H2,(H,17,21)(H,19,20)/t14-/m0/s1. The number of para-hydroxylation sites is 2. The number of urea groups is 1. The summed E-state index contributed by atoms with van der Waals surface area (Å²) in [6.45, 7) is 0. The van der Waals surface area contributed by atoms with E-state index in [9.17, 15) is 14.7 Å². The van der Waals surface area contributed by atoms with Gasteiger partial charge >= 0.3 is 12.0 Å². The first-order valence-corrected chi connectivity index (χ1v) is 6.63. The van der Waals surface area contributed by atoms with Crippen LogP contribution in [0.4, 0.5) is 16.2 Å². The SMILES string of the molecule is O=C(O)[C@@H]1Cc2ccccc2N1C(=O)Nc1ccccc1. The zero-order valence-corrected chi connectivity index (χ0v) is 11.2. The second-order valence-electron chi connectivity index (χ2n) is 4.85. The summed E-state index contributed by atoms with van der Waals surface area (Å²) in [7, 11) is 0. The number of hydrogen-bond donors (Lipinski definition) is 2. The Balaban J connectivity index is 1.91. The minimum atomic E-state index is -1.01. The molecule has 5 nitrogen and oxygen atoms in total. The molecule has 106 valence electrons. The van der Waals surface area contributed by atoms with Crippen LogP contribution in [0.15, 0.2) is 54.6 Å². The molecule has 0 fully saturated rings. The van der Waals surface area contributed by atoms with E-state index in [-0.39, 0.29) is 0 Å². The molecule has 1 aliphatic heterocycles. The van der Waals surface area contributed by atoms with Crippen molar-refractivity contribution in [1.29, 1.82) is 0 Å². The van der Waals surface area contributed by atoms with Gasteiger partial charge in [0.1, 0.15) is 6.04 Å². The molecular formula is C16H14N2O3. The number of carbonyl (C=O) groups excluding carboxylic acids is 1. The van der Waals surface area contributed by atoms with E-state index in [1.54, 1.807) is 24.3 Å². The third-order valence-electron chi connectivity index (χ3n) is 3.51. The van der Waals surface area contributed by atoms with Crippen LogP contribution in [0, 0.1) is 0 Å². The second kappa shape index (κ2) is 5.28. The largest absolute Gasteiger partial charge is 0.480 e. The van der Waals surface area contributed by atoms with Crippen molar-refractivity contribution < 1.29 is 14.7 Å². The van der Waals surface area contributed by atoms with Crippen LogP contribution in [-0.2, 0) is 11.2 Å². The summed E-state index contributed by atoms with van der Waals surface area (Å²) in [5, 5.41) is 12.1. The van der Waals surface area contributed by atoms with Crippen molar-refractivity contribution in [2.75, 3.05) is 10.2 Å². The molecule has 0 bridgehead atoms. The number of anilines is 2. The summed E-state index contributed by atoms with van der Waals surface area (Å²) in [5.74, 6) is -1.01. The lowest BCUT2D eigenvalue weighted by Crippen LogP contribution is -2.45. The molecule has 2 aromatic rings.